The average molecular weight is 356 g/mol. The van der Waals surface area contributed by atoms with Gasteiger partial charge < -0.3 is 23.4 Å². The zero-order valence-corrected chi connectivity index (χ0v) is 13.9. The van der Waals surface area contributed by atoms with Crippen LogP contribution in [0.4, 0.5) is 0 Å². The monoisotopic (exact) mass is 356 g/mol. The highest BCUT2D eigenvalue weighted by molar-refractivity contribution is 5.87. The molecule has 1 N–H and O–H groups in total. The van der Waals surface area contributed by atoms with Gasteiger partial charge in [0.15, 0.2) is 0 Å². The van der Waals surface area contributed by atoms with Gasteiger partial charge in [-0.2, -0.15) is 0 Å². The summed E-state index contributed by atoms with van der Waals surface area (Å²) in [5.74, 6) is -3.36. The Hall–Kier alpha value is -3.06. The summed E-state index contributed by atoms with van der Waals surface area (Å²) in [6.07, 6.45) is 1.23. The summed E-state index contributed by atoms with van der Waals surface area (Å²) >= 11 is 0. The molecule has 2 atom stereocenters. The van der Waals surface area contributed by atoms with Crippen LogP contribution in [0.5, 0.6) is 5.75 Å². The molecule has 2 aromatic heterocycles. The molecule has 3 heterocycles. The van der Waals surface area contributed by atoms with Gasteiger partial charge in [-0.05, 0) is 31.2 Å². The van der Waals surface area contributed by atoms with E-state index >= 15 is 0 Å². The van der Waals surface area contributed by atoms with Crippen molar-refractivity contribution in [2.45, 2.75) is 25.0 Å². The quantitative estimate of drug-likeness (QED) is 0.569. The number of benzene rings is 1. The SMILES string of the molecule is CCOC(=O)[C@@]1(O)C[C@H](c2ccco2)c2c(c3ccccc3oc2=O)O1. The molecule has 7 nitrogen and oxygen atoms in total. The van der Waals surface area contributed by atoms with Crippen LogP contribution in [0.3, 0.4) is 0 Å². The fraction of sp³-hybridized carbons (Fsp3) is 0.263. The molecule has 0 spiro atoms. The molecule has 3 aromatic rings. The van der Waals surface area contributed by atoms with Gasteiger partial charge in [0.25, 0.3) is 0 Å². The summed E-state index contributed by atoms with van der Waals surface area (Å²) in [6.45, 7) is 1.71. The molecule has 4 rings (SSSR count). The Balaban J connectivity index is 1.97. The molecule has 1 aromatic carbocycles. The van der Waals surface area contributed by atoms with E-state index < -0.39 is 23.3 Å². The van der Waals surface area contributed by atoms with E-state index in [4.69, 9.17) is 18.3 Å². The van der Waals surface area contributed by atoms with Crippen molar-refractivity contribution in [1.82, 2.24) is 0 Å². The standard InChI is InChI=1S/C19H16O7/c1-2-23-18(21)19(22)10-12(13-8-5-9-24-13)15-16(26-19)11-6-3-4-7-14(11)25-17(15)20/h3-9,12,22H,2,10H2,1H3/t12-,19-/m1/s1. The number of carbonyl (C=O) groups excluding carboxylic acids is 1. The molecule has 1 aliphatic heterocycles. The van der Waals surface area contributed by atoms with Gasteiger partial charge in [0.1, 0.15) is 17.1 Å². The zero-order chi connectivity index (χ0) is 18.3. The van der Waals surface area contributed by atoms with E-state index in [0.29, 0.717) is 16.7 Å². The number of esters is 1. The molecule has 0 unspecified atom stereocenters. The molecule has 134 valence electrons. The third-order valence-electron chi connectivity index (χ3n) is 4.38. The van der Waals surface area contributed by atoms with Crippen molar-refractivity contribution in [3.8, 4) is 5.75 Å². The molecule has 0 fully saturated rings. The third-order valence-corrected chi connectivity index (χ3v) is 4.38. The van der Waals surface area contributed by atoms with Gasteiger partial charge in [-0.3, -0.25) is 0 Å². The molecule has 0 saturated heterocycles. The van der Waals surface area contributed by atoms with Crippen molar-refractivity contribution >= 4 is 16.9 Å². The van der Waals surface area contributed by atoms with E-state index in [1.54, 1.807) is 43.3 Å². The van der Waals surface area contributed by atoms with Gasteiger partial charge in [0, 0.05) is 6.42 Å². The Morgan fingerprint density at radius 1 is 1.31 bits per heavy atom. The fourth-order valence-corrected chi connectivity index (χ4v) is 3.24. The number of para-hydroxylation sites is 1. The summed E-state index contributed by atoms with van der Waals surface area (Å²) in [5, 5.41) is 11.3. The number of carbonyl (C=O) groups is 1. The lowest BCUT2D eigenvalue weighted by atomic mass is 9.86. The van der Waals surface area contributed by atoms with Gasteiger partial charge in [0.05, 0.1) is 29.7 Å². The number of furan rings is 1. The predicted molar refractivity (Wildman–Crippen MR) is 89.9 cm³/mol. The van der Waals surface area contributed by atoms with Crippen LogP contribution in [0.15, 0.2) is 56.3 Å². The molecular formula is C19H16O7. The predicted octanol–water partition coefficient (Wildman–Crippen LogP) is 2.55. The Morgan fingerprint density at radius 2 is 2.12 bits per heavy atom. The van der Waals surface area contributed by atoms with Crippen molar-refractivity contribution in [2.75, 3.05) is 6.61 Å². The fourth-order valence-electron chi connectivity index (χ4n) is 3.24. The minimum atomic E-state index is -2.24. The van der Waals surface area contributed by atoms with E-state index in [-0.39, 0.29) is 24.3 Å². The molecule has 7 heteroatoms. The first-order valence-corrected chi connectivity index (χ1v) is 8.21. The molecule has 0 bridgehead atoms. The number of fused-ring (bicyclic) bond motifs is 3. The topological polar surface area (TPSA) is 99.1 Å². The van der Waals surface area contributed by atoms with E-state index in [0.717, 1.165) is 0 Å². The Labute approximate surface area is 147 Å². The maximum atomic E-state index is 12.6. The Morgan fingerprint density at radius 3 is 2.85 bits per heavy atom. The van der Waals surface area contributed by atoms with Crippen LogP contribution in [0, 0.1) is 0 Å². The van der Waals surface area contributed by atoms with Crippen LogP contribution < -0.4 is 10.4 Å². The second-order valence-corrected chi connectivity index (χ2v) is 6.01. The number of ether oxygens (including phenoxy) is 2. The third kappa shape index (κ3) is 2.48. The van der Waals surface area contributed by atoms with Gasteiger partial charge in [-0.25, -0.2) is 9.59 Å². The summed E-state index contributed by atoms with van der Waals surface area (Å²) in [5.41, 5.74) is -0.110. The summed E-state index contributed by atoms with van der Waals surface area (Å²) in [7, 11) is 0. The van der Waals surface area contributed by atoms with E-state index in [1.165, 1.54) is 6.26 Å². The van der Waals surface area contributed by atoms with Gasteiger partial charge in [0.2, 0.25) is 0 Å². The summed E-state index contributed by atoms with van der Waals surface area (Å²) in [6, 6.07) is 10.1. The minimum Gasteiger partial charge on any atom is -0.469 e. The lowest BCUT2D eigenvalue weighted by Gasteiger charge is -2.35. The van der Waals surface area contributed by atoms with Crippen LogP contribution in [0.25, 0.3) is 11.0 Å². The number of rotatable bonds is 3. The van der Waals surface area contributed by atoms with Crippen molar-refractivity contribution in [3.63, 3.8) is 0 Å². The minimum absolute atomic E-state index is 0.0838. The van der Waals surface area contributed by atoms with E-state index in [9.17, 15) is 14.7 Å². The highest BCUT2D eigenvalue weighted by atomic mass is 16.7. The van der Waals surface area contributed by atoms with Crippen LogP contribution >= 0.6 is 0 Å². The molecule has 26 heavy (non-hydrogen) atoms. The second-order valence-electron chi connectivity index (χ2n) is 6.01. The van der Waals surface area contributed by atoms with Gasteiger partial charge >= 0.3 is 17.4 Å². The van der Waals surface area contributed by atoms with E-state index in [2.05, 4.69) is 0 Å². The van der Waals surface area contributed by atoms with Crippen LogP contribution in [0.2, 0.25) is 0 Å². The van der Waals surface area contributed by atoms with Crippen molar-refractivity contribution in [1.29, 1.82) is 0 Å². The number of hydrogen-bond acceptors (Lipinski definition) is 7. The lowest BCUT2D eigenvalue weighted by molar-refractivity contribution is -0.205. The van der Waals surface area contributed by atoms with Gasteiger partial charge in [-0.15, -0.1) is 0 Å². The first-order chi connectivity index (χ1) is 12.5. The normalized spacial score (nSPS) is 21.8. The second kappa shape index (κ2) is 6.03. The zero-order valence-electron chi connectivity index (χ0n) is 13.9. The van der Waals surface area contributed by atoms with Crippen LogP contribution in [-0.4, -0.2) is 23.5 Å². The maximum Gasteiger partial charge on any atom is 0.379 e. The number of hydrogen-bond donors (Lipinski definition) is 1. The van der Waals surface area contributed by atoms with Crippen LogP contribution in [0.1, 0.15) is 30.6 Å². The maximum absolute atomic E-state index is 12.6. The molecule has 0 aliphatic carbocycles. The van der Waals surface area contributed by atoms with Crippen molar-refractivity contribution in [2.24, 2.45) is 0 Å². The van der Waals surface area contributed by atoms with E-state index in [1.807, 2.05) is 0 Å². The molecule has 1 aliphatic rings. The van der Waals surface area contributed by atoms with Crippen LogP contribution in [-0.2, 0) is 9.53 Å². The average Bonchev–Trinajstić information content (AvgIpc) is 3.16. The highest BCUT2D eigenvalue weighted by Gasteiger charge is 2.50. The smallest absolute Gasteiger partial charge is 0.379 e. The van der Waals surface area contributed by atoms with Gasteiger partial charge in [-0.1, -0.05) is 12.1 Å². The first-order valence-electron chi connectivity index (χ1n) is 8.21. The van der Waals surface area contributed by atoms with Crippen molar-refractivity contribution < 1.29 is 28.2 Å². The summed E-state index contributed by atoms with van der Waals surface area (Å²) in [4.78, 5) is 24.9. The highest BCUT2D eigenvalue weighted by Crippen LogP contribution is 2.45. The lowest BCUT2D eigenvalue weighted by Crippen LogP contribution is -2.50. The largest absolute Gasteiger partial charge is 0.469 e. The first kappa shape index (κ1) is 16.4. The molecule has 0 amide bonds. The Kier molecular flexibility index (Phi) is 3.81. The van der Waals surface area contributed by atoms with Crippen molar-refractivity contribution in [3.05, 3.63) is 64.4 Å². The molecular weight excluding hydrogens is 340 g/mol. The Bertz CT molecular complexity index is 1020. The summed E-state index contributed by atoms with van der Waals surface area (Å²) < 4.78 is 21.4. The molecule has 0 radical (unpaired) electrons. The molecule has 0 saturated carbocycles. The number of aliphatic hydroxyl groups is 1.